The summed E-state index contributed by atoms with van der Waals surface area (Å²) in [6.45, 7) is 3.59. The summed E-state index contributed by atoms with van der Waals surface area (Å²) in [5, 5.41) is 20.0. The first kappa shape index (κ1) is 15.6. The number of carboxylic acid groups (broad SMARTS) is 1. The molecule has 0 fully saturated rings. The minimum Gasteiger partial charge on any atom is -0.478 e. The number of para-hydroxylation sites is 1. The van der Waals surface area contributed by atoms with Crippen LogP contribution >= 0.6 is 0 Å². The monoisotopic (exact) mass is 277 g/mol. The number of carbonyl (C=O) groups is 2. The summed E-state index contributed by atoms with van der Waals surface area (Å²) >= 11 is 0. The number of benzene rings is 1. The number of nitrogens with zero attached hydrogens (tertiary/aromatic N) is 1. The zero-order chi connectivity index (χ0) is 15.3. The van der Waals surface area contributed by atoms with E-state index in [1.165, 1.54) is 18.2 Å². The third kappa shape index (κ3) is 4.01. The van der Waals surface area contributed by atoms with Crippen LogP contribution in [0.5, 0.6) is 0 Å². The molecule has 0 aromatic heterocycles. The molecule has 0 bridgehead atoms. The highest BCUT2D eigenvalue weighted by Gasteiger charge is 2.20. The number of hydrogen-bond acceptors (Lipinski definition) is 4. The second kappa shape index (κ2) is 6.60. The molecule has 6 nitrogen and oxygen atoms in total. The van der Waals surface area contributed by atoms with Gasteiger partial charge in [0.1, 0.15) is 5.57 Å². The second-order valence-electron chi connectivity index (χ2n) is 4.70. The molecule has 106 valence electrons. The van der Waals surface area contributed by atoms with E-state index in [9.17, 15) is 19.7 Å². The number of rotatable bonds is 6. The summed E-state index contributed by atoms with van der Waals surface area (Å²) in [4.78, 5) is 33.3. The van der Waals surface area contributed by atoms with Crippen molar-refractivity contribution in [1.29, 1.82) is 0 Å². The fourth-order valence-corrected chi connectivity index (χ4v) is 1.67. The van der Waals surface area contributed by atoms with E-state index in [4.69, 9.17) is 5.11 Å². The Morgan fingerprint density at radius 2 is 1.95 bits per heavy atom. The standard InChI is InChI=1S/C14H15NO5/c1-9(2)7-13(16)11(14(17)18)8-10-5-3-4-6-12(10)15(19)20/h3-6,8-9H,7H2,1-2H3,(H,17,18). The maximum Gasteiger partial charge on any atom is 0.339 e. The molecule has 0 unspecified atom stereocenters. The molecule has 0 saturated heterocycles. The molecule has 6 heteroatoms. The summed E-state index contributed by atoms with van der Waals surface area (Å²) in [6.07, 6.45) is 1.14. The van der Waals surface area contributed by atoms with Gasteiger partial charge >= 0.3 is 5.97 Å². The summed E-state index contributed by atoms with van der Waals surface area (Å²) in [5.41, 5.74) is -0.566. The zero-order valence-corrected chi connectivity index (χ0v) is 11.2. The summed E-state index contributed by atoms with van der Waals surface area (Å²) in [7, 11) is 0. The van der Waals surface area contributed by atoms with Crippen LogP contribution in [-0.4, -0.2) is 21.8 Å². The van der Waals surface area contributed by atoms with Gasteiger partial charge in [0, 0.05) is 12.5 Å². The maximum atomic E-state index is 11.9. The zero-order valence-electron chi connectivity index (χ0n) is 11.2. The number of Topliss-reactive ketones (excluding diaryl/α,β-unsaturated/α-hetero) is 1. The maximum absolute atomic E-state index is 11.9. The smallest absolute Gasteiger partial charge is 0.339 e. The van der Waals surface area contributed by atoms with Crippen LogP contribution in [0.15, 0.2) is 29.8 Å². The van der Waals surface area contributed by atoms with E-state index in [1.807, 2.05) is 0 Å². The Kier molecular flexibility index (Phi) is 5.14. The molecule has 20 heavy (non-hydrogen) atoms. The van der Waals surface area contributed by atoms with Crippen LogP contribution in [0.3, 0.4) is 0 Å². The van der Waals surface area contributed by atoms with Crippen LogP contribution < -0.4 is 0 Å². The van der Waals surface area contributed by atoms with Gasteiger partial charge in [-0.15, -0.1) is 0 Å². The van der Waals surface area contributed by atoms with Gasteiger partial charge in [0.05, 0.1) is 10.5 Å². The van der Waals surface area contributed by atoms with Crippen LogP contribution in [0.25, 0.3) is 6.08 Å². The first-order valence-corrected chi connectivity index (χ1v) is 6.04. The number of nitro groups is 1. The van der Waals surface area contributed by atoms with Crippen molar-refractivity contribution in [2.24, 2.45) is 5.92 Å². The minimum atomic E-state index is -1.38. The Labute approximate surface area is 115 Å². The lowest BCUT2D eigenvalue weighted by atomic mass is 9.99. The Morgan fingerprint density at radius 1 is 1.35 bits per heavy atom. The van der Waals surface area contributed by atoms with Gasteiger partial charge < -0.3 is 5.11 Å². The number of carbonyl (C=O) groups excluding carboxylic acids is 1. The average molecular weight is 277 g/mol. The van der Waals surface area contributed by atoms with Crippen molar-refractivity contribution in [3.63, 3.8) is 0 Å². The Bertz CT molecular complexity index is 575. The van der Waals surface area contributed by atoms with Crippen LogP contribution in [0.1, 0.15) is 25.8 Å². The van der Waals surface area contributed by atoms with E-state index in [2.05, 4.69) is 0 Å². The van der Waals surface area contributed by atoms with E-state index < -0.39 is 22.2 Å². The molecule has 0 amide bonds. The van der Waals surface area contributed by atoms with E-state index in [0.29, 0.717) is 0 Å². The van der Waals surface area contributed by atoms with E-state index in [1.54, 1.807) is 19.9 Å². The van der Waals surface area contributed by atoms with Crippen molar-refractivity contribution < 1.29 is 19.6 Å². The highest BCUT2D eigenvalue weighted by molar-refractivity contribution is 6.20. The predicted octanol–water partition coefficient (Wildman–Crippen LogP) is 2.68. The number of aliphatic carboxylic acids is 1. The third-order valence-electron chi connectivity index (χ3n) is 2.56. The molecule has 0 radical (unpaired) electrons. The van der Waals surface area contributed by atoms with Gasteiger partial charge in [-0.05, 0) is 18.1 Å². The largest absolute Gasteiger partial charge is 0.478 e. The molecule has 0 heterocycles. The molecule has 0 spiro atoms. The average Bonchev–Trinajstić information content (AvgIpc) is 2.34. The molecule has 0 saturated carbocycles. The fraction of sp³-hybridized carbons (Fsp3) is 0.286. The number of nitro benzene ring substituents is 1. The van der Waals surface area contributed by atoms with Crippen molar-refractivity contribution in [2.45, 2.75) is 20.3 Å². The van der Waals surface area contributed by atoms with Crippen molar-refractivity contribution in [2.75, 3.05) is 0 Å². The van der Waals surface area contributed by atoms with Gasteiger partial charge in [-0.25, -0.2) is 4.79 Å². The second-order valence-corrected chi connectivity index (χ2v) is 4.70. The first-order valence-electron chi connectivity index (χ1n) is 6.04. The molecule has 0 atom stereocenters. The Hall–Kier alpha value is -2.50. The van der Waals surface area contributed by atoms with Crippen LogP contribution in [0, 0.1) is 16.0 Å². The summed E-state index contributed by atoms with van der Waals surface area (Å²) in [5.74, 6) is -1.91. The van der Waals surface area contributed by atoms with Gasteiger partial charge in [-0.1, -0.05) is 26.0 Å². The molecular weight excluding hydrogens is 262 g/mol. The first-order chi connectivity index (χ1) is 9.32. The predicted molar refractivity (Wildman–Crippen MR) is 73.2 cm³/mol. The quantitative estimate of drug-likeness (QED) is 0.283. The SMILES string of the molecule is CC(C)CC(=O)C(=Cc1ccccc1[N+](=O)[O-])C(=O)O. The minimum absolute atomic E-state index is 0.0102. The van der Waals surface area contributed by atoms with Gasteiger partial charge in [0.2, 0.25) is 0 Å². The molecule has 1 rings (SSSR count). The molecule has 0 aliphatic carbocycles. The Balaban J connectivity index is 3.25. The molecule has 0 aliphatic heterocycles. The lowest BCUT2D eigenvalue weighted by Crippen LogP contribution is -2.14. The van der Waals surface area contributed by atoms with Crippen molar-refractivity contribution in [3.05, 3.63) is 45.5 Å². The number of carboxylic acids is 1. The highest BCUT2D eigenvalue weighted by atomic mass is 16.6. The van der Waals surface area contributed by atoms with E-state index >= 15 is 0 Å². The van der Waals surface area contributed by atoms with E-state index in [-0.39, 0.29) is 23.6 Å². The number of ketones is 1. The third-order valence-corrected chi connectivity index (χ3v) is 2.56. The van der Waals surface area contributed by atoms with Crippen LogP contribution in [-0.2, 0) is 9.59 Å². The molecule has 1 aromatic rings. The van der Waals surface area contributed by atoms with Gasteiger partial charge in [-0.3, -0.25) is 14.9 Å². The van der Waals surface area contributed by atoms with Crippen molar-refractivity contribution >= 4 is 23.5 Å². The van der Waals surface area contributed by atoms with Gasteiger partial charge in [0.15, 0.2) is 5.78 Å². The van der Waals surface area contributed by atoms with Gasteiger partial charge in [0.25, 0.3) is 5.69 Å². The lowest BCUT2D eigenvalue weighted by Gasteiger charge is -2.05. The summed E-state index contributed by atoms with van der Waals surface area (Å²) in [6, 6.07) is 5.69. The normalized spacial score (nSPS) is 11.4. The molecule has 0 aliphatic rings. The van der Waals surface area contributed by atoms with Crippen molar-refractivity contribution in [3.8, 4) is 0 Å². The molecular formula is C14H15NO5. The number of hydrogen-bond donors (Lipinski definition) is 1. The van der Waals surface area contributed by atoms with Crippen LogP contribution in [0.4, 0.5) is 5.69 Å². The Morgan fingerprint density at radius 3 is 2.45 bits per heavy atom. The highest BCUT2D eigenvalue weighted by Crippen LogP contribution is 2.21. The van der Waals surface area contributed by atoms with E-state index in [0.717, 1.165) is 6.08 Å². The lowest BCUT2D eigenvalue weighted by molar-refractivity contribution is -0.385. The molecule has 1 N–H and O–H groups in total. The van der Waals surface area contributed by atoms with Crippen molar-refractivity contribution in [1.82, 2.24) is 0 Å². The van der Waals surface area contributed by atoms with Gasteiger partial charge in [-0.2, -0.15) is 0 Å². The van der Waals surface area contributed by atoms with Crippen LogP contribution in [0.2, 0.25) is 0 Å². The molecule has 1 aromatic carbocycles. The fourth-order valence-electron chi connectivity index (χ4n) is 1.67. The topological polar surface area (TPSA) is 97.5 Å². The summed E-state index contributed by atoms with van der Waals surface area (Å²) < 4.78 is 0.